The van der Waals surface area contributed by atoms with E-state index in [4.69, 9.17) is 29.0 Å². The number of hydrogen-bond donors (Lipinski definition) is 0. The molecule has 0 fully saturated rings. The molecule has 0 aliphatic rings. The van der Waals surface area contributed by atoms with Crippen LogP contribution in [0.1, 0.15) is 53.4 Å². The van der Waals surface area contributed by atoms with Crippen LogP contribution >= 0.6 is 0 Å². The molecule has 2 atom stereocenters. The Labute approximate surface area is 144 Å². The third kappa shape index (κ3) is 11.2. The summed E-state index contributed by atoms with van der Waals surface area (Å²) in [5, 5.41) is 0. The van der Waals surface area contributed by atoms with Crippen LogP contribution in [0.15, 0.2) is 24.3 Å². The third-order valence-electron chi connectivity index (χ3n) is 2.68. The van der Waals surface area contributed by atoms with Crippen LogP contribution in [0.2, 0.25) is 0 Å². The summed E-state index contributed by atoms with van der Waals surface area (Å²) >= 11 is 0. The van der Waals surface area contributed by atoms with Crippen molar-refractivity contribution in [3.05, 3.63) is 24.3 Å². The number of unbranched alkanes of at least 4 members (excludes halogenated alkanes) is 2. The van der Waals surface area contributed by atoms with Gasteiger partial charge in [-0.15, -0.1) is 0 Å². The lowest BCUT2D eigenvalue weighted by Crippen LogP contribution is -2.28. The van der Waals surface area contributed by atoms with Crippen molar-refractivity contribution >= 4 is 6.16 Å². The minimum Gasteiger partial charge on any atom is -0.397 e. The molecule has 0 aromatic rings. The minimum atomic E-state index is -1.07. The van der Waals surface area contributed by atoms with Crippen LogP contribution in [0, 0.1) is 0 Å². The molecule has 0 bridgehead atoms. The highest BCUT2D eigenvalue weighted by atomic mass is 17.2. The summed E-state index contributed by atoms with van der Waals surface area (Å²) in [7, 11) is 0. The van der Waals surface area contributed by atoms with Crippen molar-refractivity contribution in [1.29, 1.82) is 0 Å². The molecule has 0 aliphatic carbocycles. The van der Waals surface area contributed by atoms with Gasteiger partial charge in [0.1, 0.15) is 0 Å². The fourth-order valence-electron chi connectivity index (χ4n) is 1.23. The first-order valence-corrected chi connectivity index (χ1v) is 8.16. The molecular weight excluding hydrogens is 316 g/mol. The van der Waals surface area contributed by atoms with Crippen LogP contribution in [-0.2, 0) is 29.0 Å². The van der Waals surface area contributed by atoms with Gasteiger partial charge in [0, 0.05) is 0 Å². The van der Waals surface area contributed by atoms with Gasteiger partial charge in [-0.25, -0.2) is 14.6 Å². The van der Waals surface area contributed by atoms with Crippen molar-refractivity contribution in [2.75, 3.05) is 13.2 Å². The van der Waals surface area contributed by atoms with Gasteiger partial charge in [-0.1, -0.05) is 39.8 Å². The maximum Gasteiger partial charge on any atom is 0.513 e. The Morgan fingerprint density at radius 3 is 1.50 bits per heavy atom. The Morgan fingerprint density at radius 1 is 0.833 bits per heavy atom. The zero-order valence-electron chi connectivity index (χ0n) is 15.2. The molecule has 0 aliphatic heterocycles. The third-order valence-corrected chi connectivity index (χ3v) is 2.68. The average Bonchev–Trinajstić information content (AvgIpc) is 2.52. The minimum absolute atomic E-state index is 0.390. The molecule has 0 rings (SSSR count). The van der Waals surface area contributed by atoms with Gasteiger partial charge >= 0.3 is 6.16 Å². The van der Waals surface area contributed by atoms with E-state index in [0.29, 0.717) is 24.4 Å². The number of rotatable bonds is 14. The molecule has 0 radical (unpaired) electrons. The van der Waals surface area contributed by atoms with Crippen LogP contribution in [0.4, 0.5) is 4.79 Å². The van der Waals surface area contributed by atoms with Crippen molar-refractivity contribution in [3.8, 4) is 0 Å². The van der Waals surface area contributed by atoms with Crippen LogP contribution in [-0.4, -0.2) is 31.9 Å². The molecular formula is C17H30O7. The SMILES string of the molecule is C=C(C)C(OOCCCC)OC(=O)OC(OOCCCC)C(=C)C. The Kier molecular flexibility index (Phi) is 13.2. The molecule has 0 amide bonds. The second-order valence-corrected chi connectivity index (χ2v) is 5.39. The van der Waals surface area contributed by atoms with Crippen molar-refractivity contribution in [2.24, 2.45) is 0 Å². The monoisotopic (exact) mass is 346 g/mol. The highest BCUT2D eigenvalue weighted by Gasteiger charge is 2.23. The Balaban J connectivity index is 4.34. The van der Waals surface area contributed by atoms with E-state index in [0.717, 1.165) is 25.7 Å². The van der Waals surface area contributed by atoms with Gasteiger partial charge in [0.25, 0.3) is 12.6 Å². The largest absolute Gasteiger partial charge is 0.513 e. The van der Waals surface area contributed by atoms with Gasteiger partial charge in [0.2, 0.25) is 0 Å². The maximum atomic E-state index is 11.9. The normalized spacial score (nSPS) is 13.2. The number of ether oxygens (including phenoxy) is 2. The lowest BCUT2D eigenvalue weighted by atomic mass is 10.3. The summed E-state index contributed by atoms with van der Waals surface area (Å²) in [5.74, 6) is 0. The first kappa shape index (κ1) is 22.6. The summed E-state index contributed by atoms with van der Waals surface area (Å²) in [6, 6.07) is 0. The Hall–Kier alpha value is -1.41. The van der Waals surface area contributed by atoms with Crippen LogP contribution in [0.3, 0.4) is 0 Å². The molecule has 0 saturated heterocycles. The number of carbonyl (C=O) groups excluding carboxylic acids is 1. The fraction of sp³-hybridized carbons (Fsp3) is 0.706. The molecule has 140 valence electrons. The van der Waals surface area contributed by atoms with Crippen molar-refractivity contribution in [3.63, 3.8) is 0 Å². The van der Waals surface area contributed by atoms with Gasteiger partial charge in [-0.2, -0.15) is 9.78 Å². The van der Waals surface area contributed by atoms with E-state index in [1.807, 2.05) is 13.8 Å². The molecule has 24 heavy (non-hydrogen) atoms. The molecule has 2 unspecified atom stereocenters. The van der Waals surface area contributed by atoms with Crippen molar-refractivity contribution in [1.82, 2.24) is 0 Å². The van der Waals surface area contributed by atoms with Gasteiger partial charge in [-0.3, -0.25) is 0 Å². The second-order valence-electron chi connectivity index (χ2n) is 5.39. The topological polar surface area (TPSA) is 72.5 Å². The summed E-state index contributed by atoms with van der Waals surface area (Å²) in [4.78, 5) is 31.8. The Morgan fingerprint density at radius 2 is 1.21 bits per heavy atom. The summed E-state index contributed by atoms with van der Waals surface area (Å²) in [5.41, 5.74) is 0.908. The molecule has 7 nitrogen and oxygen atoms in total. The Bertz CT molecular complexity index is 347. The van der Waals surface area contributed by atoms with Crippen LogP contribution in [0.25, 0.3) is 0 Å². The first-order chi connectivity index (χ1) is 11.4. The molecule has 7 heteroatoms. The smallest absolute Gasteiger partial charge is 0.397 e. The van der Waals surface area contributed by atoms with E-state index in [-0.39, 0.29) is 0 Å². The molecule has 0 aromatic heterocycles. The quantitative estimate of drug-likeness (QED) is 0.115. The highest BCUT2D eigenvalue weighted by molar-refractivity contribution is 5.60. The van der Waals surface area contributed by atoms with E-state index < -0.39 is 18.7 Å². The number of carbonyl (C=O) groups is 1. The lowest BCUT2D eigenvalue weighted by Gasteiger charge is -2.20. The van der Waals surface area contributed by atoms with E-state index in [9.17, 15) is 4.79 Å². The van der Waals surface area contributed by atoms with Gasteiger partial charge in [0.05, 0.1) is 13.2 Å². The highest BCUT2D eigenvalue weighted by Crippen LogP contribution is 2.13. The zero-order chi connectivity index (χ0) is 18.4. The maximum absolute atomic E-state index is 11.9. The van der Waals surface area contributed by atoms with Crippen LogP contribution in [0.5, 0.6) is 0 Å². The summed E-state index contributed by atoms with van der Waals surface area (Å²) in [6.45, 7) is 15.5. The molecule has 0 heterocycles. The van der Waals surface area contributed by atoms with Gasteiger partial charge < -0.3 is 9.47 Å². The lowest BCUT2D eigenvalue weighted by molar-refractivity contribution is -0.373. The summed E-state index contributed by atoms with van der Waals surface area (Å²) < 4.78 is 10.0. The van der Waals surface area contributed by atoms with Gasteiger partial charge in [0.15, 0.2) is 0 Å². The van der Waals surface area contributed by atoms with Crippen LogP contribution < -0.4 is 0 Å². The molecule has 0 spiro atoms. The standard InChI is InChI=1S/C17H30O7/c1-7-9-11-19-23-15(13(3)4)21-17(18)22-16(14(5)6)24-20-12-10-8-2/h15-16H,3,5,7-12H2,1-2,4,6H3. The summed E-state index contributed by atoms with van der Waals surface area (Å²) in [6.07, 6.45) is 0.429. The van der Waals surface area contributed by atoms with E-state index >= 15 is 0 Å². The zero-order valence-corrected chi connectivity index (χ0v) is 15.2. The average molecular weight is 346 g/mol. The fourth-order valence-corrected chi connectivity index (χ4v) is 1.23. The predicted octanol–water partition coefficient (Wildman–Crippen LogP) is 4.44. The van der Waals surface area contributed by atoms with Crippen molar-refractivity contribution in [2.45, 2.75) is 66.0 Å². The molecule has 0 saturated carbocycles. The number of hydrogen-bond acceptors (Lipinski definition) is 7. The van der Waals surface area contributed by atoms with Gasteiger partial charge in [-0.05, 0) is 37.8 Å². The van der Waals surface area contributed by atoms with E-state index in [1.165, 1.54) is 0 Å². The van der Waals surface area contributed by atoms with E-state index in [1.54, 1.807) is 13.8 Å². The predicted molar refractivity (Wildman–Crippen MR) is 88.7 cm³/mol. The molecule has 0 aromatic carbocycles. The second kappa shape index (κ2) is 14.0. The van der Waals surface area contributed by atoms with Crippen molar-refractivity contribution < 1.29 is 33.8 Å². The first-order valence-electron chi connectivity index (χ1n) is 8.16. The molecule has 0 N–H and O–H groups in total. The van der Waals surface area contributed by atoms with E-state index in [2.05, 4.69) is 13.2 Å².